The van der Waals surface area contributed by atoms with Crippen LogP contribution in [0.1, 0.15) is 5.56 Å². The second kappa shape index (κ2) is 4.41. The number of nitrogens with one attached hydrogen (secondary N) is 1. The Morgan fingerprint density at radius 3 is 2.27 bits per heavy atom. The van der Waals surface area contributed by atoms with Gasteiger partial charge in [-0.15, -0.1) is 0 Å². The van der Waals surface area contributed by atoms with Crippen LogP contribution in [-0.2, 0) is 21.2 Å². The number of carboxylic acids is 1. The molecule has 0 saturated carbocycles. The smallest absolute Gasteiger partial charge is 0.307 e. The van der Waals surface area contributed by atoms with Gasteiger partial charge in [0, 0.05) is 0 Å². The van der Waals surface area contributed by atoms with Crippen LogP contribution in [0.5, 0.6) is 0 Å². The van der Waals surface area contributed by atoms with Crippen molar-refractivity contribution < 1.29 is 18.3 Å². The predicted molar refractivity (Wildman–Crippen MR) is 54.0 cm³/mol. The Bertz CT molecular complexity index is 450. The van der Waals surface area contributed by atoms with Crippen LogP contribution in [0.3, 0.4) is 0 Å². The highest BCUT2D eigenvalue weighted by molar-refractivity contribution is 7.89. The summed E-state index contributed by atoms with van der Waals surface area (Å²) in [5, 5.41) is 8.51. The standard InChI is InChI=1S/C9H11NO4S/c1-10-15(13,14)8-4-2-7(3-5-8)6-9(11)12/h2-5,10H,6H2,1H3,(H,11,12). The minimum absolute atomic E-state index is 0.111. The van der Waals surface area contributed by atoms with Gasteiger partial charge in [-0.2, -0.15) is 0 Å². The SMILES string of the molecule is CNS(=O)(=O)c1ccc(CC(=O)O)cc1. The molecule has 82 valence electrons. The van der Waals surface area contributed by atoms with E-state index in [4.69, 9.17) is 5.11 Å². The van der Waals surface area contributed by atoms with Gasteiger partial charge >= 0.3 is 5.97 Å². The van der Waals surface area contributed by atoms with E-state index in [0.29, 0.717) is 5.56 Å². The fraction of sp³-hybridized carbons (Fsp3) is 0.222. The van der Waals surface area contributed by atoms with Crippen molar-refractivity contribution in [3.05, 3.63) is 29.8 Å². The summed E-state index contributed by atoms with van der Waals surface area (Å²) in [5.41, 5.74) is 0.567. The second-order valence-corrected chi connectivity index (χ2v) is 4.81. The fourth-order valence-electron chi connectivity index (χ4n) is 1.08. The molecule has 0 spiro atoms. The molecule has 6 heteroatoms. The summed E-state index contributed by atoms with van der Waals surface area (Å²) in [5.74, 6) is -0.945. The minimum atomic E-state index is -3.44. The molecule has 0 amide bonds. The van der Waals surface area contributed by atoms with E-state index in [9.17, 15) is 13.2 Å². The fourth-order valence-corrected chi connectivity index (χ4v) is 1.81. The molecule has 15 heavy (non-hydrogen) atoms. The van der Waals surface area contributed by atoms with Gasteiger partial charge in [0.1, 0.15) is 0 Å². The molecular weight excluding hydrogens is 218 g/mol. The molecule has 0 aliphatic rings. The molecule has 0 bridgehead atoms. The zero-order valence-corrected chi connectivity index (χ0v) is 8.91. The summed E-state index contributed by atoms with van der Waals surface area (Å²) in [7, 11) is -2.12. The van der Waals surface area contributed by atoms with Gasteiger partial charge in [0.25, 0.3) is 0 Å². The molecule has 0 aromatic heterocycles. The van der Waals surface area contributed by atoms with Gasteiger partial charge in [0.15, 0.2) is 0 Å². The monoisotopic (exact) mass is 229 g/mol. The van der Waals surface area contributed by atoms with E-state index in [1.54, 1.807) is 0 Å². The van der Waals surface area contributed by atoms with Gasteiger partial charge in [0.2, 0.25) is 10.0 Å². The van der Waals surface area contributed by atoms with Crippen LogP contribution in [0.2, 0.25) is 0 Å². The molecule has 0 radical (unpaired) electrons. The summed E-state index contributed by atoms with van der Waals surface area (Å²) >= 11 is 0. The average molecular weight is 229 g/mol. The minimum Gasteiger partial charge on any atom is -0.481 e. The van der Waals surface area contributed by atoms with Crippen LogP contribution >= 0.6 is 0 Å². The predicted octanol–water partition coefficient (Wildman–Crippen LogP) is 0.222. The molecule has 0 saturated heterocycles. The molecule has 0 aliphatic carbocycles. The van der Waals surface area contributed by atoms with E-state index in [1.807, 2.05) is 0 Å². The van der Waals surface area contributed by atoms with E-state index in [-0.39, 0.29) is 11.3 Å². The number of hydrogen-bond donors (Lipinski definition) is 2. The molecule has 0 atom stereocenters. The number of carboxylic acid groups (broad SMARTS) is 1. The number of hydrogen-bond acceptors (Lipinski definition) is 3. The van der Waals surface area contributed by atoms with Crippen LogP contribution < -0.4 is 4.72 Å². The van der Waals surface area contributed by atoms with Gasteiger partial charge in [-0.3, -0.25) is 4.79 Å². The normalized spacial score (nSPS) is 11.3. The molecule has 1 rings (SSSR count). The molecule has 0 unspecified atom stereocenters. The first kappa shape index (κ1) is 11.7. The number of rotatable bonds is 4. The molecular formula is C9H11NO4S. The molecule has 0 fully saturated rings. The Kier molecular flexibility index (Phi) is 3.43. The number of sulfonamides is 1. The maximum atomic E-state index is 11.3. The molecule has 5 nitrogen and oxygen atoms in total. The Morgan fingerprint density at radius 2 is 1.87 bits per heavy atom. The molecule has 1 aromatic rings. The Balaban J connectivity index is 2.95. The topological polar surface area (TPSA) is 83.5 Å². The first-order chi connectivity index (χ1) is 6.95. The molecule has 1 aromatic carbocycles. The zero-order valence-electron chi connectivity index (χ0n) is 8.10. The number of benzene rings is 1. The van der Waals surface area contributed by atoms with Gasteiger partial charge in [-0.25, -0.2) is 13.1 Å². The van der Waals surface area contributed by atoms with Gasteiger partial charge in [0.05, 0.1) is 11.3 Å². The van der Waals surface area contributed by atoms with Crippen molar-refractivity contribution >= 4 is 16.0 Å². The van der Waals surface area contributed by atoms with Gasteiger partial charge in [-0.05, 0) is 24.7 Å². The third kappa shape index (κ3) is 3.03. The van der Waals surface area contributed by atoms with Crippen LogP contribution in [0.25, 0.3) is 0 Å². The average Bonchev–Trinajstić information content (AvgIpc) is 2.18. The van der Waals surface area contributed by atoms with Crippen LogP contribution in [-0.4, -0.2) is 26.5 Å². The lowest BCUT2D eigenvalue weighted by molar-refractivity contribution is -0.136. The molecule has 0 heterocycles. The molecule has 2 N–H and O–H groups in total. The summed E-state index contributed by atoms with van der Waals surface area (Å²) in [4.78, 5) is 10.5. The van der Waals surface area contributed by atoms with Crippen LogP contribution in [0.15, 0.2) is 29.2 Å². The highest BCUT2D eigenvalue weighted by atomic mass is 32.2. The van der Waals surface area contributed by atoms with Crippen molar-refractivity contribution in [2.75, 3.05) is 7.05 Å². The van der Waals surface area contributed by atoms with Crippen molar-refractivity contribution in [3.8, 4) is 0 Å². The van der Waals surface area contributed by atoms with E-state index in [0.717, 1.165) is 0 Å². The van der Waals surface area contributed by atoms with E-state index in [2.05, 4.69) is 4.72 Å². The first-order valence-electron chi connectivity index (χ1n) is 4.20. The van der Waals surface area contributed by atoms with E-state index >= 15 is 0 Å². The lowest BCUT2D eigenvalue weighted by Crippen LogP contribution is -2.18. The summed E-state index contributed by atoms with van der Waals surface area (Å²) in [6.07, 6.45) is -0.111. The first-order valence-corrected chi connectivity index (χ1v) is 5.68. The van der Waals surface area contributed by atoms with Crippen LogP contribution in [0.4, 0.5) is 0 Å². The largest absolute Gasteiger partial charge is 0.481 e. The van der Waals surface area contributed by atoms with E-state index < -0.39 is 16.0 Å². The number of carbonyl (C=O) groups is 1. The van der Waals surface area contributed by atoms with E-state index in [1.165, 1.54) is 31.3 Å². The third-order valence-corrected chi connectivity index (χ3v) is 3.29. The summed E-state index contributed by atoms with van der Waals surface area (Å²) < 4.78 is 24.8. The second-order valence-electron chi connectivity index (χ2n) is 2.92. The van der Waals surface area contributed by atoms with Crippen molar-refractivity contribution in [2.24, 2.45) is 0 Å². The Labute approximate surface area is 87.8 Å². The lowest BCUT2D eigenvalue weighted by atomic mass is 10.2. The third-order valence-electron chi connectivity index (χ3n) is 1.86. The highest BCUT2D eigenvalue weighted by Gasteiger charge is 2.10. The van der Waals surface area contributed by atoms with Crippen molar-refractivity contribution in [1.82, 2.24) is 4.72 Å². The van der Waals surface area contributed by atoms with Crippen molar-refractivity contribution in [2.45, 2.75) is 11.3 Å². The lowest BCUT2D eigenvalue weighted by Gasteiger charge is -2.02. The van der Waals surface area contributed by atoms with Gasteiger partial charge in [-0.1, -0.05) is 12.1 Å². The zero-order chi connectivity index (χ0) is 11.5. The van der Waals surface area contributed by atoms with Crippen LogP contribution in [0, 0.1) is 0 Å². The quantitative estimate of drug-likeness (QED) is 0.773. The molecule has 0 aliphatic heterocycles. The Morgan fingerprint density at radius 1 is 1.33 bits per heavy atom. The summed E-state index contributed by atoms with van der Waals surface area (Å²) in [6.45, 7) is 0. The van der Waals surface area contributed by atoms with Crippen molar-refractivity contribution in [3.63, 3.8) is 0 Å². The number of aliphatic carboxylic acids is 1. The highest BCUT2D eigenvalue weighted by Crippen LogP contribution is 2.10. The van der Waals surface area contributed by atoms with Gasteiger partial charge < -0.3 is 5.11 Å². The maximum absolute atomic E-state index is 11.3. The maximum Gasteiger partial charge on any atom is 0.307 e. The summed E-state index contributed by atoms with van der Waals surface area (Å²) in [6, 6.07) is 5.73. The Hall–Kier alpha value is -1.40. The van der Waals surface area contributed by atoms with Crippen molar-refractivity contribution in [1.29, 1.82) is 0 Å².